The smallest absolute Gasteiger partial charge is 0.0520 e. The van der Waals surface area contributed by atoms with E-state index in [1.165, 1.54) is 88.9 Å². The Balaban J connectivity index is 1.19. The third-order valence-electron chi connectivity index (χ3n) is 11.1. The maximum Gasteiger partial charge on any atom is 0.0520 e. The molecule has 0 radical (unpaired) electrons. The average Bonchev–Trinajstić information content (AvgIpc) is 3.42. The van der Waals surface area contributed by atoms with Gasteiger partial charge in [-0.25, -0.2) is 0 Å². The molecule has 0 aliphatic heterocycles. The molecule has 8 aromatic carbocycles. The minimum atomic E-state index is -0.0946. The van der Waals surface area contributed by atoms with Gasteiger partial charge in [-0.3, -0.25) is 0 Å². The second-order valence-electron chi connectivity index (χ2n) is 14.7. The SMILES string of the molecule is Cc1cc(-c2ccc3ccccc3c2)cc(C)c1N(c1ccc(-c2ccccc2-c2ccccc2)cc1)c1ccc2c(c1)C(C)(C)c1ccccc1-2. The van der Waals surface area contributed by atoms with Crippen molar-refractivity contribution in [2.45, 2.75) is 33.1 Å². The van der Waals surface area contributed by atoms with Gasteiger partial charge in [0.1, 0.15) is 0 Å². The first kappa shape index (κ1) is 31.8. The van der Waals surface area contributed by atoms with Crippen LogP contribution in [0.15, 0.2) is 176 Å². The van der Waals surface area contributed by atoms with E-state index in [2.05, 4.69) is 209 Å². The second-order valence-corrected chi connectivity index (χ2v) is 14.7. The number of aryl methyl sites for hydroxylation is 2. The molecule has 0 saturated heterocycles. The van der Waals surface area contributed by atoms with Crippen LogP contribution in [0.5, 0.6) is 0 Å². The molecule has 1 heteroatoms. The highest BCUT2D eigenvalue weighted by Gasteiger charge is 2.36. The third kappa shape index (κ3) is 5.33. The number of rotatable bonds is 6. The van der Waals surface area contributed by atoms with E-state index in [0.29, 0.717) is 0 Å². The molecule has 0 heterocycles. The van der Waals surface area contributed by atoms with E-state index in [4.69, 9.17) is 0 Å². The topological polar surface area (TPSA) is 3.24 Å². The van der Waals surface area contributed by atoms with Crippen LogP contribution in [0.4, 0.5) is 17.1 Å². The summed E-state index contributed by atoms with van der Waals surface area (Å²) in [6, 6.07) is 64.6. The van der Waals surface area contributed by atoms with Gasteiger partial charge in [0.05, 0.1) is 5.69 Å². The molecule has 1 aliphatic carbocycles. The van der Waals surface area contributed by atoms with Crippen molar-refractivity contribution in [1.29, 1.82) is 0 Å². The van der Waals surface area contributed by atoms with Crippen molar-refractivity contribution in [2.75, 3.05) is 4.90 Å². The van der Waals surface area contributed by atoms with Crippen LogP contribution < -0.4 is 4.90 Å². The molecule has 0 unspecified atom stereocenters. The Morgan fingerprint density at radius 3 is 1.62 bits per heavy atom. The minimum Gasteiger partial charge on any atom is -0.310 e. The van der Waals surface area contributed by atoms with Gasteiger partial charge in [0.25, 0.3) is 0 Å². The summed E-state index contributed by atoms with van der Waals surface area (Å²) < 4.78 is 0. The normalized spacial score (nSPS) is 12.8. The van der Waals surface area contributed by atoms with Crippen LogP contribution in [0, 0.1) is 13.8 Å². The van der Waals surface area contributed by atoms with Crippen LogP contribution in [0.2, 0.25) is 0 Å². The van der Waals surface area contributed by atoms with Gasteiger partial charge in [-0.15, -0.1) is 0 Å². The molecule has 0 atom stereocenters. The fourth-order valence-electron chi connectivity index (χ4n) is 8.48. The molecular weight excluding hydrogens is 627 g/mol. The molecule has 0 spiro atoms. The molecule has 0 aromatic heterocycles. The quantitative estimate of drug-likeness (QED) is 0.171. The molecular formula is C51H41N. The first-order valence-corrected chi connectivity index (χ1v) is 18.3. The highest BCUT2D eigenvalue weighted by atomic mass is 15.1. The highest BCUT2D eigenvalue weighted by Crippen LogP contribution is 2.51. The lowest BCUT2D eigenvalue weighted by atomic mass is 9.82. The maximum atomic E-state index is 2.47. The predicted molar refractivity (Wildman–Crippen MR) is 222 cm³/mol. The van der Waals surface area contributed by atoms with Gasteiger partial charge in [0, 0.05) is 16.8 Å². The lowest BCUT2D eigenvalue weighted by Crippen LogP contribution is -2.17. The molecule has 9 rings (SSSR count). The van der Waals surface area contributed by atoms with Crippen LogP contribution in [-0.4, -0.2) is 0 Å². The van der Waals surface area contributed by atoms with Crippen LogP contribution in [0.25, 0.3) is 55.3 Å². The van der Waals surface area contributed by atoms with Crippen LogP contribution >= 0.6 is 0 Å². The summed E-state index contributed by atoms with van der Waals surface area (Å²) in [5.41, 5.74) is 18.7. The van der Waals surface area contributed by atoms with E-state index in [9.17, 15) is 0 Å². The van der Waals surface area contributed by atoms with Crippen LogP contribution in [0.3, 0.4) is 0 Å². The molecule has 0 N–H and O–H groups in total. The number of hydrogen-bond donors (Lipinski definition) is 0. The number of anilines is 3. The van der Waals surface area contributed by atoms with Crippen molar-refractivity contribution >= 4 is 27.8 Å². The molecule has 0 fully saturated rings. The lowest BCUT2D eigenvalue weighted by molar-refractivity contribution is 0.660. The van der Waals surface area contributed by atoms with Gasteiger partial charge in [0.2, 0.25) is 0 Å². The summed E-state index contributed by atoms with van der Waals surface area (Å²) in [7, 11) is 0. The van der Waals surface area contributed by atoms with E-state index < -0.39 is 0 Å². The monoisotopic (exact) mass is 667 g/mol. The van der Waals surface area contributed by atoms with E-state index in [1.54, 1.807) is 0 Å². The summed E-state index contributed by atoms with van der Waals surface area (Å²) in [4.78, 5) is 2.47. The molecule has 8 aromatic rings. The zero-order valence-electron chi connectivity index (χ0n) is 30.2. The van der Waals surface area contributed by atoms with Crippen molar-refractivity contribution in [3.8, 4) is 44.5 Å². The van der Waals surface area contributed by atoms with E-state index in [-0.39, 0.29) is 5.41 Å². The standard InChI is InChI=1S/C51H41N/c1-34-30-41(40-23-22-36-14-8-9-17-39(36)32-40)31-35(2)50(34)52(43-28-29-47-46-20-12-13-21-48(46)51(3,4)49(47)33-43)42-26-24-38(25-27-42)45-19-11-10-18-44(45)37-15-6-5-7-16-37/h5-33H,1-4H3. The summed E-state index contributed by atoms with van der Waals surface area (Å²) in [6.45, 7) is 9.24. The van der Waals surface area contributed by atoms with Crippen molar-refractivity contribution in [3.63, 3.8) is 0 Å². The number of hydrogen-bond acceptors (Lipinski definition) is 1. The molecule has 0 bridgehead atoms. The van der Waals surface area contributed by atoms with Gasteiger partial charge in [0.15, 0.2) is 0 Å². The van der Waals surface area contributed by atoms with Gasteiger partial charge in [-0.1, -0.05) is 147 Å². The summed E-state index contributed by atoms with van der Waals surface area (Å²) >= 11 is 0. The first-order chi connectivity index (χ1) is 25.4. The average molecular weight is 668 g/mol. The van der Waals surface area contributed by atoms with E-state index in [0.717, 1.165) is 5.69 Å². The molecule has 0 saturated carbocycles. The van der Waals surface area contributed by atoms with Gasteiger partial charge in [-0.05, 0) is 134 Å². The highest BCUT2D eigenvalue weighted by molar-refractivity contribution is 5.91. The lowest BCUT2D eigenvalue weighted by Gasteiger charge is -2.31. The van der Waals surface area contributed by atoms with Gasteiger partial charge >= 0.3 is 0 Å². The van der Waals surface area contributed by atoms with Crippen LogP contribution in [-0.2, 0) is 5.41 Å². The Labute approximate surface area is 307 Å². The summed E-state index contributed by atoms with van der Waals surface area (Å²) in [5.74, 6) is 0. The molecule has 1 aliphatic rings. The second kappa shape index (κ2) is 12.5. The third-order valence-corrected chi connectivity index (χ3v) is 11.1. The fraction of sp³-hybridized carbons (Fsp3) is 0.0980. The number of fused-ring (bicyclic) bond motifs is 4. The van der Waals surface area contributed by atoms with Gasteiger partial charge in [-0.2, -0.15) is 0 Å². The van der Waals surface area contributed by atoms with Gasteiger partial charge < -0.3 is 4.90 Å². The maximum absolute atomic E-state index is 2.47. The summed E-state index contributed by atoms with van der Waals surface area (Å²) in [6.07, 6.45) is 0. The Kier molecular flexibility index (Phi) is 7.67. The predicted octanol–water partition coefficient (Wildman–Crippen LogP) is 14.2. The van der Waals surface area contributed by atoms with Crippen molar-refractivity contribution in [1.82, 2.24) is 0 Å². The van der Waals surface area contributed by atoms with Crippen molar-refractivity contribution in [2.24, 2.45) is 0 Å². The Hall–Kier alpha value is -6.18. The minimum absolute atomic E-state index is 0.0946. The van der Waals surface area contributed by atoms with Crippen LogP contribution in [0.1, 0.15) is 36.1 Å². The van der Waals surface area contributed by atoms with Crippen molar-refractivity contribution in [3.05, 3.63) is 198 Å². The largest absolute Gasteiger partial charge is 0.310 e. The Morgan fingerprint density at radius 2 is 0.904 bits per heavy atom. The Bertz CT molecular complexity index is 2590. The molecule has 250 valence electrons. The molecule has 52 heavy (non-hydrogen) atoms. The number of benzene rings is 8. The van der Waals surface area contributed by atoms with E-state index in [1.807, 2.05) is 0 Å². The summed E-state index contributed by atoms with van der Waals surface area (Å²) in [5, 5.41) is 2.52. The fourth-order valence-corrected chi connectivity index (χ4v) is 8.48. The van der Waals surface area contributed by atoms with Crippen molar-refractivity contribution < 1.29 is 0 Å². The zero-order valence-corrected chi connectivity index (χ0v) is 30.2. The first-order valence-electron chi connectivity index (χ1n) is 18.3. The molecule has 0 amide bonds. The molecule has 1 nitrogen and oxygen atoms in total. The Morgan fingerprint density at radius 1 is 0.365 bits per heavy atom. The zero-order chi connectivity index (χ0) is 35.4. The number of nitrogens with zero attached hydrogens (tertiary/aromatic N) is 1. The van der Waals surface area contributed by atoms with E-state index >= 15 is 0 Å².